The molecule has 3 nitrogen and oxygen atoms in total. The van der Waals surface area contributed by atoms with Crippen LogP contribution in [0.5, 0.6) is 0 Å². The van der Waals surface area contributed by atoms with E-state index in [1.807, 2.05) is 0 Å². The quantitative estimate of drug-likeness (QED) is 0.748. The van der Waals surface area contributed by atoms with Crippen LogP contribution in [-0.4, -0.2) is 36.5 Å². The normalized spacial score (nSPS) is 32.1. The Morgan fingerprint density at radius 2 is 1.94 bits per heavy atom. The maximum absolute atomic E-state index is 9.85. The summed E-state index contributed by atoms with van der Waals surface area (Å²) in [6.45, 7) is 3.45. The molecule has 3 unspecified atom stereocenters. The minimum atomic E-state index is -0.343. The maximum atomic E-state index is 9.85. The van der Waals surface area contributed by atoms with Crippen molar-refractivity contribution in [3.8, 4) is 0 Å². The molecule has 0 bridgehead atoms. The molecule has 0 aromatic carbocycles. The Kier molecular flexibility index (Phi) is 5.26. The van der Waals surface area contributed by atoms with Gasteiger partial charge in [0.25, 0.3) is 0 Å². The molecule has 0 spiro atoms. The number of hydrogen-bond acceptors (Lipinski definition) is 3. The van der Waals surface area contributed by atoms with Gasteiger partial charge in [-0.2, -0.15) is 0 Å². The maximum Gasteiger partial charge on any atom is 0.0897 e. The zero-order valence-electron chi connectivity index (χ0n) is 11.0. The number of rotatable bonds is 6. The van der Waals surface area contributed by atoms with Crippen molar-refractivity contribution in [3.05, 3.63) is 0 Å². The van der Waals surface area contributed by atoms with E-state index in [9.17, 15) is 5.11 Å². The monoisotopic (exact) mass is 241 g/mol. The van der Waals surface area contributed by atoms with Crippen molar-refractivity contribution in [1.82, 2.24) is 5.32 Å². The minimum absolute atomic E-state index is 0.343. The van der Waals surface area contributed by atoms with Gasteiger partial charge in [0.05, 0.1) is 18.8 Å². The van der Waals surface area contributed by atoms with Crippen molar-refractivity contribution < 1.29 is 9.84 Å². The van der Waals surface area contributed by atoms with Crippen LogP contribution in [-0.2, 0) is 4.74 Å². The molecule has 3 heteroatoms. The second-order valence-corrected chi connectivity index (χ2v) is 5.82. The molecule has 0 aromatic rings. The van der Waals surface area contributed by atoms with Gasteiger partial charge in [-0.3, -0.25) is 0 Å². The van der Waals surface area contributed by atoms with E-state index in [0.717, 1.165) is 0 Å². The Labute approximate surface area is 105 Å². The van der Waals surface area contributed by atoms with Crippen LogP contribution in [0.4, 0.5) is 0 Å². The highest BCUT2D eigenvalue weighted by atomic mass is 16.5. The van der Waals surface area contributed by atoms with Crippen molar-refractivity contribution in [2.24, 2.45) is 5.92 Å². The molecule has 2 N–H and O–H groups in total. The largest absolute Gasteiger partial charge is 0.389 e. The smallest absolute Gasteiger partial charge is 0.0897 e. The topological polar surface area (TPSA) is 41.5 Å². The zero-order chi connectivity index (χ0) is 12.1. The van der Waals surface area contributed by atoms with Gasteiger partial charge in [0.1, 0.15) is 0 Å². The fourth-order valence-electron chi connectivity index (χ4n) is 2.74. The van der Waals surface area contributed by atoms with E-state index in [0.29, 0.717) is 31.2 Å². The van der Waals surface area contributed by atoms with Crippen LogP contribution < -0.4 is 5.32 Å². The number of aliphatic hydroxyl groups is 1. The first kappa shape index (κ1) is 13.3. The first-order valence-corrected chi connectivity index (χ1v) is 7.28. The van der Waals surface area contributed by atoms with E-state index in [1.54, 1.807) is 0 Å². The van der Waals surface area contributed by atoms with Crippen molar-refractivity contribution in [2.45, 2.75) is 70.1 Å². The van der Waals surface area contributed by atoms with E-state index in [4.69, 9.17) is 4.74 Å². The lowest BCUT2D eigenvalue weighted by Gasteiger charge is -2.30. The van der Waals surface area contributed by atoms with Crippen LogP contribution in [0, 0.1) is 5.92 Å². The van der Waals surface area contributed by atoms with E-state index in [2.05, 4.69) is 12.2 Å². The average Bonchev–Trinajstić information content (AvgIpc) is 2.26. The van der Waals surface area contributed by atoms with Crippen LogP contribution in [0.1, 0.15) is 51.9 Å². The summed E-state index contributed by atoms with van der Waals surface area (Å²) in [5, 5.41) is 13.2. The fraction of sp³-hybridized carbons (Fsp3) is 1.00. The molecule has 2 fully saturated rings. The van der Waals surface area contributed by atoms with E-state index < -0.39 is 0 Å². The fourth-order valence-corrected chi connectivity index (χ4v) is 2.74. The van der Waals surface area contributed by atoms with E-state index >= 15 is 0 Å². The summed E-state index contributed by atoms with van der Waals surface area (Å²) >= 11 is 0. The molecule has 0 amide bonds. The summed E-state index contributed by atoms with van der Waals surface area (Å²) < 4.78 is 5.85. The van der Waals surface area contributed by atoms with Crippen molar-refractivity contribution in [3.63, 3.8) is 0 Å². The van der Waals surface area contributed by atoms with Gasteiger partial charge in [-0.25, -0.2) is 0 Å². The molecule has 2 aliphatic rings. The molecule has 0 radical (unpaired) electrons. The first-order valence-electron chi connectivity index (χ1n) is 7.28. The molecule has 0 heterocycles. The molecule has 0 aliphatic heterocycles. The lowest BCUT2D eigenvalue weighted by molar-refractivity contribution is -0.0460. The molecule has 2 rings (SSSR count). The second kappa shape index (κ2) is 6.72. The highest BCUT2D eigenvalue weighted by molar-refractivity contribution is 4.78. The Morgan fingerprint density at radius 1 is 1.18 bits per heavy atom. The summed E-state index contributed by atoms with van der Waals surface area (Å²) in [5.41, 5.74) is 0. The average molecular weight is 241 g/mol. The number of aliphatic hydroxyl groups excluding tert-OH is 1. The van der Waals surface area contributed by atoms with Gasteiger partial charge in [-0.15, -0.1) is 0 Å². The third kappa shape index (κ3) is 4.23. The van der Waals surface area contributed by atoms with Gasteiger partial charge in [-0.05, 0) is 31.6 Å². The molecule has 3 atom stereocenters. The Bertz CT molecular complexity index is 218. The summed E-state index contributed by atoms with van der Waals surface area (Å²) in [5.74, 6) is 0.663. The summed E-state index contributed by atoms with van der Waals surface area (Å²) in [6.07, 6.45) is 8.99. The lowest BCUT2D eigenvalue weighted by atomic mass is 9.88. The number of hydrogen-bond donors (Lipinski definition) is 2. The number of nitrogens with one attached hydrogen (secondary N) is 1. The summed E-state index contributed by atoms with van der Waals surface area (Å²) in [6, 6.07) is 0.651. The third-order valence-corrected chi connectivity index (χ3v) is 4.28. The van der Waals surface area contributed by atoms with Crippen LogP contribution in [0.2, 0.25) is 0 Å². The molecular formula is C14H27NO2. The molecule has 2 aliphatic carbocycles. The van der Waals surface area contributed by atoms with E-state index in [1.165, 1.54) is 44.9 Å². The van der Waals surface area contributed by atoms with E-state index in [-0.39, 0.29) is 6.10 Å². The van der Waals surface area contributed by atoms with Gasteiger partial charge in [0.15, 0.2) is 0 Å². The molecule has 100 valence electrons. The van der Waals surface area contributed by atoms with Gasteiger partial charge in [-0.1, -0.05) is 26.2 Å². The van der Waals surface area contributed by atoms with Gasteiger partial charge >= 0.3 is 0 Å². The van der Waals surface area contributed by atoms with Gasteiger partial charge in [0, 0.05) is 12.6 Å². The van der Waals surface area contributed by atoms with Crippen LogP contribution in [0.3, 0.4) is 0 Å². The highest BCUT2D eigenvalue weighted by Crippen LogP contribution is 2.26. The molecule has 0 aromatic heterocycles. The van der Waals surface area contributed by atoms with Crippen molar-refractivity contribution in [2.75, 3.05) is 13.2 Å². The third-order valence-electron chi connectivity index (χ3n) is 4.28. The predicted octanol–water partition coefficient (Wildman–Crippen LogP) is 2.08. The standard InChI is InChI=1S/C14H27NO2/c1-11-5-2-3-8-14(11)17-10-13(16)9-15-12-6-4-7-12/h11-16H,2-10H2,1H3. The van der Waals surface area contributed by atoms with Crippen molar-refractivity contribution in [1.29, 1.82) is 0 Å². The molecular weight excluding hydrogens is 214 g/mol. The Morgan fingerprint density at radius 3 is 2.59 bits per heavy atom. The van der Waals surface area contributed by atoms with Gasteiger partial charge < -0.3 is 15.2 Å². The molecule has 2 saturated carbocycles. The second-order valence-electron chi connectivity index (χ2n) is 5.82. The van der Waals surface area contributed by atoms with Crippen molar-refractivity contribution >= 4 is 0 Å². The molecule has 0 saturated heterocycles. The zero-order valence-corrected chi connectivity index (χ0v) is 11.0. The SMILES string of the molecule is CC1CCCCC1OCC(O)CNC1CCC1. The van der Waals surface area contributed by atoms with Crippen LogP contribution in [0.25, 0.3) is 0 Å². The van der Waals surface area contributed by atoms with Gasteiger partial charge in [0.2, 0.25) is 0 Å². The Hall–Kier alpha value is -0.120. The Balaban J connectivity index is 1.56. The predicted molar refractivity (Wildman–Crippen MR) is 69.0 cm³/mol. The first-order chi connectivity index (χ1) is 8.25. The van der Waals surface area contributed by atoms with Crippen LogP contribution in [0.15, 0.2) is 0 Å². The summed E-state index contributed by atoms with van der Waals surface area (Å²) in [4.78, 5) is 0. The number of ether oxygens (including phenoxy) is 1. The minimum Gasteiger partial charge on any atom is -0.389 e. The highest BCUT2D eigenvalue weighted by Gasteiger charge is 2.23. The molecule has 17 heavy (non-hydrogen) atoms. The van der Waals surface area contributed by atoms with Crippen LogP contribution >= 0.6 is 0 Å². The summed E-state index contributed by atoms with van der Waals surface area (Å²) in [7, 11) is 0. The lowest BCUT2D eigenvalue weighted by Crippen LogP contribution is -2.41.